The van der Waals surface area contributed by atoms with Crippen molar-refractivity contribution in [2.24, 2.45) is 17.8 Å². The fraction of sp³-hybridized carbons (Fsp3) is 0.212. The van der Waals surface area contributed by atoms with Crippen LogP contribution in [0.2, 0.25) is 0 Å². The van der Waals surface area contributed by atoms with Crippen molar-refractivity contribution >= 4 is 21.8 Å². The molecular formula is C52H42N6. The highest BCUT2D eigenvalue weighted by molar-refractivity contribution is 6.10. The fourth-order valence-corrected chi connectivity index (χ4v) is 10.5. The van der Waals surface area contributed by atoms with Gasteiger partial charge in [-0.2, -0.15) is 10.5 Å². The zero-order valence-electron chi connectivity index (χ0n) is 32.7. The third-order valence-electron chi connectivity index (χ3n) is 12.7. The number of hydrogen-bond acceptors (Lipinski definition) is 5. The third-order valence-corrected chi connectivity index (χ3v) is 12.7. The van der Waals surface area contributed by atoms with E-state index in [1.165, 1.54) is 48.8 Å². The number of hydrogen-bond donors (Lipinski definition) is 0. The average Bonchev–Trinajstić information content (AvgIpc) is 3.59. The smallest absolute Gasteiger partial charge is 0.164 e. The van der Waals surface area contributed by atoms with Crippen LogP contribution in [-0.4, -0.2) is 19.5 Å². The first-order chi connectivity index (χ1) is 28.4. The highest BCUT2D eigenvalue weighted by Gasteiger charge is 2.45. The molecule has 0 radical (unpaired) electrons. The maximum absolute atomic E-state index is 9.64. The standard InChI is InChI=1S/C52H42N6/c1-33-23-37-24-34(2)29-52(28-33,30-37)43-18-13-38(14-19-43)39-15-20-44(21-16-39)58-47-12-4-3-11-45(47)46-22-17-42(27-48(46)58)51-56-49(40-9-5-7-35(25-40)31-53)55-50(57-51)41-10-6-8-36(26-41)32-54/h3-22,25-27,33-34,37H,23-24,28-30H2,1-2H3/t33-,34+,37?,52?. The predicted molar refractivity (Wildman–Crippen MR) is 232 cm³/mol. The number of rotatable bonds is 6. The van der Waals surface area contributed by atoms with Gasteiger partial charge in [0.05, 0.1) is 34.3 Å². The molecule has 8 aromatic rings. The minimum atomic E-state index is 0.327. The molecule has 2 fully saturated rings. The van der Waals surface area contributed by atoms with Crippen molar-refractivity contribution in [3.63, 3.8) is 0 Å². The van der Waals surface area contributed by atoms with Crippen molar-refractivity contribution in [3.05, 3.63) is 156 Å². The lowest BCUT2D eigenvalue weighted by Crippen LogP contribution is -2.42. The van der Waals surface area contributed by atoms with Crippen LogP contribution in [0, 0.1) is 40.4 Å². The molecule has 280 valence electrons. The third kappa shape index (κ3) is 6.32. The van der Waals surface area contributed by atoms with Gasteiger partial charge in [0.1, 0.15) is 0 Å². The maximum atomic E-state index is 9.64. The largest absolute Gasteiger partial charge is 0.309 e. The molecule has 4 atom stereocenters. The Morgan fingerprint density at radius 3 is 1.62 bits per heavy atom. The zero-order valence-corrected chi connectivity index (χ0v) is 32.7. The Labute approximate surface area is 339 Å². The van der Waals surface area contributed by atoms with Crippen molar-refractivity contribution in [2.75, 3.05) is 0 Å². The Morgan fingerprint density at radius 2 is 1.03 bits per heavy atom. The molecule has 0 spiro atoms. The van der Waals surface area contributed by atoms with Crippen LogP contribution in [0.25, 0.3) is 72.8 Å². The second-order valence-electron chi connectivity index (χ2n) is 16.8. The van der Waals surface area contributed by atoms with Crippen molar-refractivity contribution in [2.45, 2.75) is 51.4 Å². The molecule has 6 heteroatoms. The van der Waals surface area contributed by atoms with E-state index in [2.05, 4.69) is 122 Å². The van der Waals surface area contributed by atoms with Crippen molar-refractivity contribution in [1.82, 2.24) is 19.5 Å². The summed E-state index contributed by atoms with van der Waals surface area (Å²) >= 11 is 0. The summed E-state index contributed by atoms with van der Waals surface area (Å²) in [6.45, 7) is 4.92. The van der Waals surface area contributed by atoms with Crippen LogP contribution in [-0.2, 0) is 5.41 Å². The number of benzene rings is 6. The summed E-state index contributed by atoms with van der Waals surface area (Å²) in [6.07, 6.45) is 6.75. The lowest BCUT2D eigenvalue weighted by atomic mass is 9.54. The van der Waals surface area contributed by atoms with Crippen molar-refractivity contribution in [3.8, 4) is 63.1 Å². The quantitative estimate of drug-likeness (QED) is 0.169. The lowest BCUT2D eigenvalue weighted by molar-refractivity contribution is 0.0780. The van der Waals surface area contributed by atoms with E-state index in [4.69, 9.17) is 15.0 Å². The minimum absolute atomic E-state index is 0.327. The maximum Gasteiger partial charge on any atom is 0.164 e. The highest BCUT2D eigenvalue weighted by Crippen LogP contribution is 2.54. The van der Waals surface area contributed by atoms with Gasteiger partial charge < -0.3 is 4.57 Å². The van der Waals surface area contributed by atoms with Crippen LogP contribution in [0.3, 0.4) is 0 Å². The molecule has 2 saturated carbocycles. The van der Waals surface area contributed by atoms with Gasteiger partial charge in [-0.1, -0.05) is 105 Å². The average molecular weight is 751 g/mol. The molecule has 0 aliphatic heterocycles. The number of nitriles is 2. The molecule has 10 rings (SSSR count). The molecule has 0 amide bonds. The highest BCUT2D eigenvalue weighted by atomic mass is 15.0. The second-order valence-corrected chi connectivity index (χ2v) is 16.8. The summed E-state index contributed by atoms with van der Waals surface area (Å²) in [5.41, 5.74) is 10.8. The molecule has 0 N–H and O–H groups in total. The van der Waals surface area contributed by atoms with Crippen LogP contribution in [0.4, 0.5) is 0 Å². The van der Waals surface area contributed by atoms with Gasteiger partial charge in [0, 0.05) is 33.2 Å². The molecule has 2 unspecified atom stereocenters. The van der Waals surface area contributed by atoms with Gasteiger partial charge in [0.15, 0.2) is 17.5 Å². The van der Waals surface area contributed by atoms with E-state index in [1.54, 1.807) is 24.3 Å². The Hall–Kier alpha value is -6.89. The van der Waals surface area contributed by atoms with Gasteiger partial charge in [-0.3, -0.25) is 0 Å². The van der Waals surface area contributed by atoms with E-state index in [-0.39, 0.29) is 0 Å². The Kier molecular flexibility index (Phi) is 8.72. The minimum Gasteiger partial charge on any atom is -0.309 e. The van der Waals surface area contributed by atoms with Crippen LogP contribution < -0.4 is 0 Å². The monoisotopic (exact) mass is 750 g/mol. The number of fused-ring (bicyclic) bond motifs is 5. The summed E-state index contributed by atoms with van der Waals surface area (Å²) in [4.78, 5) is 14.8. The Bertz CT molecular complexity index is 2850. The molecule has 6 aromatic carbocycles. The summed E-state index contributed by atoms with van der Waals surface area (Å²) in [6, 6.07) is 52.4. The topological polar surface area (TPSA) is 91.2 Å². The first-order valence-corrected chi connectivity index (χ1v) is 20.4. The first-order valence-electron chi connectivity index (χ1n) is 20.4. The molecule has 2 heterocycles. The molecular weight excluding hydrogens is 709 g/mol. The fourth-order valence-electron chi connectivity index (χ4n) is 10.5. The first kappa shape index (κ1) is 35.5. The van der Waals surface area contributed by atoms with Gasteiger partial charge in [-0.05, 0) is 120 Å². The van der Waals surface area contributed by atoms with Crippen molar-refractivity contribution in [1.29, 1.82) is 10.5 Å². The number of aromatic nitrogens is 4. The van der Waals surface area contributed by atoms with Crippen molar-refractivity contribution < 1.29 is 0 Å². The van der Waals surface area contributed by atoms with Gasteiger partial charge in [-0.25, -0.2) is 15.0 Å². The van der Waals surface area contributed by atoms with Gasteiger partial charge in [0.25, 0.3) is 0 Å². The van der Waals surface area contributed by atoms with Gasteiger partial charge in [-0.15, -0.1) is 0 Å². The van der Waals surface area contributed by atoms with Crippen LogP contribution in [0.15, 0.2) is 140 Å². The van der Waals surface area contributed by atoms with E-state index < -0.39 is 0 Å². The molecule has 2 aromatic heterocycles. The molecule has 2 bridgehead atoms. The Balaban J connectivity index is 1.04. The molecule has 58 heavy (non-hydrogen) atoms. The van der Waals surface area contributed by atoms with Gasteiger partial charge in [0.2, 0.25) is 0 Å². The van der Waals surface area contributed by atoms with Crippen LogP contribution in [0.1, 0.15) is 62.6 Å². The molecule has 0 saturated heterocycles. The van der Waals surface area contributed by atoms with Crippen LogP contribution >= 0.6 is 0 Å². The second kappa shape index (κ2) is 14.2. The summed E-state index contributed by atoms with van der Waals surface area (Å²) in [7, 11) is 0. The number of para-hydroxylation sites is 1. The van der Waals surface area contributed by atoms with E-state index in [0.717, 1.165) is 50.8 Å². The van der Waals surface area contributed by atoms with E-state index in [9.17, 15) is 10.5 Å². The Morgan fingerprint density at radius 1 is 0.517 bits per heavy atom. The SMILES string of the molecule is C[C@@H]1CC2C[C@H](C)CC(c3ccc(-c4ccc(-n5c6ccccc6c6ccc(-c7nc(-c8cccc(C#N)c8)nc(-c8cccc(C#N)c8)n7)cc65)cc4)cc3)(C2)C1. The van der Waals surface area contributed by atoms with Gasteiger partial charge >= 0.3 is 0 Å². The summed E-state index contributed by atoms with van der Waals surface area (Å²) in [5.74, 6) is 3.86. The molecule has 2 aliphatic carbocycles. The van der Waals surface area contributed by atoms with E-state index in [1.807, 2.05) is 24.3 Å². The normalized spacial score (nSPS) is 20.1. The number of nitrogens with zero attached hydrogens (tertiary/aromatic N) is 6. The predicted octanol–water partition coefficient (Wildman–Crippen LogP) is 12.5. The lowest BCUT2D eigenvalue weighted by Gasteiger charge is -2.50. The molecule has 6 nitrogen and oxygen atoms in total. The zero-order chi connectivity index (χ0) is 39.4. The van der Waals surface area contributed by atoms with E-state index in [0.29, 0.717) is 45.1 Å². The van der Waals surface area contributed by atoms with Crippen LogP contribution in [0.5, 0.6) is 0 Å². The summed E-state index contributed by atoms with van der Waals surface area (Å²) < 4.78 is 2.32. The van der Waals surface area contributed by atoms with E-state index >= 15 is 0 Å². The molecule has 2 aliphatic rings. The summed E-state index contributed by atoms with van der Waals surface area (Å²) in [5, 5.41) is 21.6.